The van der Waals surface area contributed by atoms with Gasteiger partial charge in [0.2, 0.25) is 0 Å². The fourth-order valence-electron chi connectivity index (χ4n) is 2.10. The minimum absolute atomic E-state index is 0.151. The number of thiazole rings is 1. The summed E-state index contributed by atoms with van der Waals surface area (Å²) in [5.41, 5.74) is 2.12. The first-order valence-corrected chi connectivity index (χ1v) is 8.21. The molecule has 0 fully saturated rings. The van der Waals surface area contributed by atoms with Crippen molar-refractivity contribution < 1.29 is 4.79 Å². The predicted molar refractivity (Wildman–Crippen MR) is 95.3 cm³/mol. The Balaban J connectivity index is 1.73. The number of amides is 1. The van der Waals surface area contributed by atoms with Crippen molar-refractivity contribution >= 4 is 40.2 Å². The van der Waals surface area contributed by atoms with Gasteiger partial charge in [-0.2, -0.15) is 0 Å². The van der Waals surface area contributed by atoms with Crippen LogP contribution < -0.4 is 10.6 Å². The minimum Gasteiger partial charge on any atom is -0.379 e. The molecule has 1 amide bonds. The molecule has 0 aliphatic carbocycles. The topological polar surface area (TPSA) is 54.0 Å². The number of rotatable bonds is 5. The fourth-order valence-corrected chi connectivity index (χ4v) is 3.02. The summed E-state index contributed by atoms with van der Waals surface area (Å²) in [7, 11) is 0. The Morgan fingerprint density at radius 1 is 1.09 bits per heavy atom. The van der Waals surface area contributed by atoms with Crippen LogP contribution in [0, 0.1) is 0 Å². The number of aromatic nitrogens is 1. The van der Waals surface area contributed by atoms with Crippen molar-refractivity contribution in [2.24, 2.45) is 0 Å². The lowest BCUT2D eigenvalue weighted by Gasteiger charge is -2.11. The maximum absolute atomic E-state index is 12.5. The zero-order valence-corrected chi connectivity index (χ0v) is 13.7. The second kappa shape index (κ2) is 7.26. The second-order valence-electron chi connectivity index (χ2n) is 4.80. The van der Waals surface area contributed by atoms with E-state index >= 15 is 0 Å². The van der Waals surface area contributed by atoms with Gasteiger partial charge >= 0.3 is 0 Å². The van der Waals surface area contributed by atoms with Gasteiger partial charge in [-0.05, 0) is 24.3 Å². The molecule has 2 aromatic carbocycles. The first kappa shape index (κ1) is 15.5. The van der Waals surface area contributed by atoms with Crippen molar-refractivity contribution in [1.29, 1.82) is 0 Å². The van der Waals surface area contributed by atoms with Crippen molar-refractivity contribution in [2.45, 2.75) is 6.54 Å². The van der Waals surface area contributed by atoms with E-state index in [1.165, 1.54) is 11.3 Å². The maximum atomic E-state index is 12.5. The number of carbonyl (C=O) groups is 1. The molecule has 1 heterocycles. The summed E-state index contributed by atoms with van der Waals surface area (Å²) >= 11 is 7.24. The molecule has 1 aromatic heterocycles. The summed E-state index contributed by atoms with van der Waals surface area (Å²) in [4.78, 5) is 17.5. The Labute approximate surface area is 143 Å². The van der Waals surface area contributed by atoms with E-state index in [0.717, 1.165) is 16.3 Å². The highest BCUT2D eigenvalue weighted by Gasteiger charge is 2.11. The SMILES string of the molecule is O=C(Nc1ccccc1)c1ccccc1NCc1cnc(Cl)s1. The lowest BCUT2D eigenvalue weighted by molar-refractivity contribution is 0.102. The molecule has 0 saturated carbocycles. The Kier molecular flexibility index (Phi) is 4.90. The number of hydrogen-bond donors (Lipinski definition) is 2. The number of hydrogen-bond acceptors (Lipinski definition) is 4. The van der Waals surface area contributed by atoms with Gasteiger partial charge in [0.25, 0.3) is 5.91 Å². The largest absolute Gasteiger partial charge is 0.379 e. The van der Waals surface area contributed by atoms with Crippen LogP contribution in [0.1, 0.15) is 15.2 Å². The summed E-state index contributed by atoms with van der Waals surface area (Å²) in [6, 6.07) is 16.8. The van der Waals surface area contributed by atoms with Crippen LogP contribution in [-0.2, 0) is 6.54 Å². The molecule has 0 aliphatic heterocycles. The van der Waals surface area contributed by atoms with Crippen LogP contribution in [0.25, 0.3) is 0 Å². The number of para-hydroxylation sites is 2. The van der Waals surface area contributed by atoms with E-state index in [4.69, 9.17) is 11.6 Å². The quantitative estimate of drug-likeness (QED) is 0.708. The highest BCUT2D eigenvalue weighted by Crippen LogP contribution is 2.21. The van der Waals surface area contributed by atoms with E-state index in [-0.39, 0.29) is 5.91 Å². The monoisotopic (exact) mass is 343 g/mol. The molecule has 0 atom stereocenters. The maximum Gasteiger partial charge on any atom is 0.257 e. The molecule has 23 heavy (non-hydrogen) atoms. The standard InChI is InChI=1S/C17H14ClN3OS/c18-17-20-11-13(23-17)10-19-15-9-5-4-8-14(15)16(22)21-12-6-2-1-3-7-12/h1-9,11,19H,10H2,(H,21,22). The van der Waals surface area contributed by atoms with Crippen LogP contribution in [0.5, 0.6) is 0 Å². The summed E-state index contributed by atoms with van der Waals surface area (Å²) in [5, 5.41) is 6.15. The van der Waals surface area contributed by atoms with Crippen molar-refractivity contribution in [3.05, 3.63) is 75.7 Å². The Hall–Kier alpha value is -2.37. The average molecular weight is 344 g/mol. The normalized spacial score (nSPS) is 10.3. The number of anilines is 2. The van der Waals surface area contributed by atoms with Gasteiger partial charge < -0.3 is 10.6 Å². The fraction of sp³-hybridized carbons (Fsp3) is 0.0588. The molecule has 0 radical (unpaired) electrons. The van der Waals surface area contributed by atoms with E-state index in [1.54, 1.807) is 12.3 Å². The van der Waals surface area contributed by atoms with Crippen molar-refractivity contribution in [2.75, 3.05) is 10.6 Å². The highest BCUT2D eigenvalue weighted by atomic mass is 35.5. The van der Waals surface area contributed by atoms with Crippen LogP contribution in [0.4, 0.5) is 11.4 Å². The van der Waals surface area contributed by atoms with E-state index in [2.05, 4.69) is 15.6 Å². The van der Waals surface area contributed by atoms with Gasteiger partial charge in [0.15, 0.2) is 4.47 Å². The minimum atomic E-state index is -0.151. The molecule has 0 bridgehead atoms. The zero-order chi connectivity index (χ0) is 16.1. The van der Waals surface area contributed by atoms with E-state index in [1.807, 2.05) is 48.5 Å². The van der Waals surface area contributed by atoms with Crippen LogP contribution in [0.3, 0.4) is 0 Å². The summed E-state index contributed by atoms with van der Waals surface area (Å²) in [6.45, 7) is 0.569. The van der Waals surface area contributed by atoms with Crippen molar-refractivity contribution in [3.63, 3.8) is 0 Å². The Morgan fingerprint density at radius 3 is 2.57 bits per heavy atom. The van der Waals surface area contributed by atoms with Crippen LogP contribution in [-0.4, -0.2) is 10.9 Å². The molecule has 3 aromatic rings. The van der Waals surface area contributed by atoms with Gasteiger partial charge in [-0.1, -0.05) is 41.9 Å². The van der Waals surface area contributed by atoms with Gasteiger partial charge in [0.05, 0.1) is 12.1 Å². The van der Waals surface area contributed by atoms with Crippen LogP contribution >= 0.6 is 22.9 Å². The third-order valence-corrected chi connectivity index (χ3v) is 4.30. The van der Waals surface area contributed by atoms with Gasteiger partial charge in [0, 0.05) is 22.4 Å². The second-order valence-corrected chi connectivity index (χ2v) is 6.50. The van der Waals surface area contributed by atoms with Crippen molar-refractivity contribution in [3.8, 4) is 0 Å². The van der Waals surface area contributed by atoms with Gasteiger partial charge in [-0.3, -0.25) is 4.79 Å². The number of nitrogens with zero attached hydrogens (tertiary/aromatic N) is 1. The summed E-state index contributed by atoms with van der Waals surface area (Å²) in [5.74, 6) is -0.151. The molecule has 0 spiro atoms. The number of benzene rings is 2. The smallest absolute Gasteiger partial charge is 0.257 e. The zero-order valence-electron chi connectivity index (χ0n) is 12.1. The molecule has 6 heteroatoms. The summed E-state index contributed by atoms with van der Waals surface area (Å²) < 4.78 is 0.511. The van der Waals surface area contributed by atoms with Crippen LogP contribution in [0.2, 0.25) is 4.47 Å². The number of halogens is 1. The third-order valence-electron chi connectivity index (χ3n) is 3.18. The molecular weight excluding hydrogens is 330 g/mol. The van der Waals surface area contributed by atoms with E-state index < -0.39 is 0 Å². The molecule has 0 saturated heterocycles. The first-order valence-electron chi connectivity index (χ1n) is 7.02. The molecule has 0 unspecified atom stereocenters. The lowest BCUT2D eigenvalue weighted by Crippen LogP contribution is -2.14. The molecule has 3 rings (SSSR count). The van der Waals surface area contributed by atoms with Gasteiger partial charge in [-0.25, -0.2) is 4.98 Å². The van der Waals surface area contributed by atoms with Crippen molar-refractivity contribution in [1.82, 2.24) is 4.98 Å². The summed E-state index contributed by atoms with van der Waals surface area (Å²) in [6.07, 6.45) is 1.73. The van der Waals surface area contributed by atoms with Crippen LogP contribution in [0.15, 0.2) is 60.8 Å². The highest BCUT2D eigenvalue weighted by molar-refractivity contribution is 7.15. The molecule has 4 nitrogen and oxygen atoms in total. The Bertz CT molecular complexity index is 804. The predicted octanol–water partition coefficient (Wildman–Crippen LogP) is 4.66. The van der Waals surface area contributed by atoms with E-state index in [9.17, 15) is 4.79 Å². The number of nitrogens with one attached hydrogen (secondary N) is 2. The number of carbonyl (C=O) groups excluding carboxylic acids is 1. The molecule has 2 N–H and O–H groups in total. The lowest BCUT2D eigenvalue weighted by atomic mass is 10.1. The molecule has 0 aliphatic rings. The van der Waals surface area contributed by atoms with Gasteiger partial charge in [0.1, 0.15) is 0 Å². The molecular formula is C17H14ClN3OS. The molecule has 116 valence electrons. The third kappa shape index (κ3) is 4.09. The van der Waals surface area contributed by atoms with E-state index in [0.29, 0.717) is 16.6 Å². The average Bonchev–Trinajstić information content (AvgIpc) is 2.99. The first-order chi connectivity index (χ1) is 11.2. The van der Waals surface area contributed by atoms with Gasteiger partial charge in [-0.15, -0.1) is 11.3 Å². The Morgan fingerprint density at radius 2 is 1.83 bits per heavy atom.